The molecule has 0 bridgehead atoms. The van der Waals surface area contributed by atoms with Crippen molar-refractivity contribution in [1.29, 1.82) is 0 Å². The minimum atomic E-state index is -1.56. The number of carbonyl (C=O) groups is 2. The van der Waals surface area contributed by atoms with Gasteiger partial charge in [0.15, 0.2) is 23.3 Å². The van der Waals surface area contributed by atoms with Crippen LogP contribution < -0.4 is 11.3 Å². The maximum absolute atomic E-state index is 12.8. The van der Waals surface area contributed by atoms with E-state index in [9.17, 15) is 35.9 Å². The fourth-order valence-corrected chi connectivity index (χ4v) is 1.69. The molecule has 11 heteroatoms. The van der Waals surface area contributed by atoms with Gasteiger partial charge in [-0.25, -0.2) is 32.2 Å². The number of nitrogens with two attached hydrogens (primary N) is 1. The van der Waals surface area contributed by atoms with Crippen LogP contribution in [0.15, 0.2) is 24.3 Å². The summed E-state index contributed by atoms with van der Waals surface area (Å²) in [6.45, 7) is 0. The zero-order chi connectivity index (χ0) is 19.3. The van der Waals surface area contributed by atoms with Gasteiger partial charge in [0.1, 0.15) is 22.8 Å². The fraction of sp³-hybridized carbons (Fsp3) is 0. The first-order valence-electron chi connectivity index (χ1n) is 6.09. The van der Waals surface area contributed by atoms with Gasteiger partial charge < -0.3 is 0 Å². The van der Waals surface area contributed by atoms with E-state index in [4.69, 9.17) is 11.6 Å². The maximum Gasteiger partial charge on any atom is 0.271 e. The molecule has 0 aliphatic rings. The highest BCUT2D eigenvalue weighted by molar-refractivity contribution is 6.67. The number of carbonyl (C=O) groups excluding carboxylic acids is 2. The average molecular weight is 385 g/mol. The van der Waals surface area contributed by atoms with Crippen LogP contribution in [0, 0.1) is 34.9 Å². The summed E-state index contributed by atoms with van der Waals surface area (Å²) in [6, 6.07) is 2.43. The largest absolute Gasteiger partial charge is 0.290 e. The molecule has 0 saturated carbocycles. The first-order valence-corrected chi connectivity index (χ1v) is 6.47. The lowest BCUT2D eigenvalue weighted by Gasteiger charge is -2.02. The van der Waals surface area contributed by atoms with Crippen molar-refractivity contribution in [1.82, 2.24) is 5.43 Å². The molecule has 0 fully saturated rings. The monoisotopic (exact) mass is 384 g/mol. The van der Waals surface area contributed by atoms with Gasteiger partial charge in [0.2, 0.25) is 0 Å². The lowest BCUT2D eigenvalue weighted by Crippen LogP contribution is -2.31. The Labute approximate surface area is 141 Å². The third-order valence-electron chi connectivity index (χ3n) is 2.64. The number of benzene rings is 2. The van der Waals surface area contributed by atoms with Crippen molar-refractivity contribution in [3.8, 4) is 0 Å². The molecule has 134 valence electrons. The van der Waals surface area contributed by atoms with Gasteiger partial charge in [-0.05, 0) is 35.9 Å². The zero-order valence-electron chi connectivity index (χ0n) is 11.8. The normalized spacial score (nSPS) is 9.92. The number of nitrogens with one attached hydrogen (secondary N) is 1. The predicted octanol–water partition coefficient (Wildman–Crippen LogP) is 3.19. The van der Waals surface area contributed by atoms with E-state index < -0.39 is 57.2 Å². The number of hydrazine groups is 1. The Balaban J connectivity index is 0.000000251. The van der Waals surface area contributed by atoms with Crippen LogP contribution in [-0.2, 0) is 0 Å². The van der Waals surface area contributed by atoms with Crippen LogP contribution in [-0.4, -0.2) is 11.1 Å². The first kappa shape index (κ1) is 20.5. The average Bonchev–Trinajstić information content (AvgIpc) is 2.55. The molecule has 2 aromatic rings. The third kappa shape index (κ3) is 4.70. The smallest absolute Gasteiger partial charge is 0.271 e. The van der Waals surface area contributed by atoms with Crippen LogP contribution in [0.2, 0.25) is 0 Å². The van der Waals surface area contributed by atoms with Crippen molar-refractivity contribution >= 4 is 22.8 Å². The summed E-state index contributed by atoms with van der Waals surface area (Å²) in [7, 11) is 0. The van der Waals surface area contributed by atoms with Gasteiger partial charge in [-0.1, -0.05) is 0 Å². The number of nitrogen functional groups attached to an aromatic ring is 1. The van der Waals surface area contributed by atoms with E-state index in [2.05, 4.69) is 5.84 Å². The van der Waals surface area contributed by atoms with Crippen LogP contribution in [0.1, 0.15) is 20.7 Å². The molecule has 2 aromatic carbocycles. The number of hydrogen-bond donors (Lipinski definition) is 2. The lowest BCUT2D eigenvalue weighted by atomic mass is 10.2. The summed E-state index contributed by atoms with van der Waals surface area (Å²) in [5.41, 5.74) is -0.580. The Morgan fingerprint density at radius 3 is 1.48 bits per heavy atom. The second-order valence-electron chi connectivity index (χ2n) is 4.18. The minimum Gasteiger partial charge on any atom is -0.290 e. The van der Waals surface area contributed by atoms with Crippen molar-refractivity contribution in [3.05, 3.63) is 70.3 Å². The molecular formula is C14H7ClF6N2O2. The summed E-state index contributed by atoms with van der Waals surface area (Å²) >= 11 is 4.80. The molecule has 0 saturated heterocycles. The molecule has 0 unspecified atom stereocenters. The van der Waals surface area contributed by atoms with Gasteiger partial charge in [0, 0.05) is 0 Å². The Hall–Kier alpha value is -2.59. The van der Waals surface area contributed by atoms with E-state index in [1.165, 1.54) is 5.43 Å². The summed E-state index contributed by atoms with van der Waals surface area (Å²) in [6.07, 6.45) is 0. The molecule has 25 heavy (non-hydrogen) atoms. The Bertz CT molecular complexity index is 831. The second-order valence-corrected chi connectivity index (χ2v) is 4.53. The fourth-order valence-electron chi connectivity index (χ4n) is 1.51. The van der Waals surface area contributed by atoms with Gasteiger partial charge in [-0.3, -0.25) is 15.0 Å². The Morgan fingerprint density at radius 2 is 1.12 bits per heavy atom. The third-order valence-corrected chi connectivity index (χ3v) is 2.83. The number of hydrogen-bond acceptors (Lipinski definition) is 3. The number of halogens is 7. The summed E-state index contributed by atoms with van der Waals surface area (Å²) < 4.78 is 75.5. The van der Waals surface area contributed by atoms with Crippen molar-refractivity contribution in [2.24, 2.45) is 5.84 Å². The lowest BCUT2D eigenvalue weighted by molar-refractivity contribution is 0.0943. The quantitative estimate of drug-likeness (QED) is 0.209. The summed E-state index contributed by atoms with van der Waals surface area (Å²) in [5, 5.41) is -1.36. The molecule has 4 nitrogen and oxygen atoms in total. The topological polar surface area (TPSA) is 72.2 Å². The second kappa shape index (κ2) is 8.49. The van der Waals surface area contributed by atoms with Crippen molar-refractivity contribution in [3.63, 3.8) is 0 Å². The molecule has 2 rings (SSSR count). The van der Waals surface area contributed by atoms with E-state index in [0.717, 1.165) is 0 Å². The van der Waals surface area contributed by atoms with E-state index in [1.807, 2.05) is 0 Å². The highest BCUT2D eigenvalue weighted by Gasteiger charge is 2.20. The highest BCUT2D eigenvalue weighted by Crippen LogP contribution is 2.17. The molecular weight excluding hydrogens is 378 g/mol. The van der Waals surface area contributed by atoms with Crippen molar-refractivity contribution in [2.45, 2.75) is 0 Å². The molecule has 3 N–H and O–H groups in total. The maximum atomic E-state index is 12.8. The van der Waals surface area contributed by atoms with Crippen LogP contribution in [0.5, 0.6) is 0 Å². The number of amides is 1. The van der Waals surface area contributed by atoms with Gasteiger partial charge in [0.25, 0.3) is 11.1 Å². The minimum absolute atomic E-state index is 0.577. The number of rotatable bonds is 2. The molecule has 0 spiro atoms. The van der Waals surface area contributed by atoms with E-state index in [-0.39, 0.29) is 0 Å². The molecule has 0 aliphatic heterocycles. The van der Waals surface area contributed by atoms with Crippen LogP contribution in [0.3, 0.4) is 0 Å². The molecule has 0 radical (unpaired) electrons. The highest BCUT2D eigenvalue weighted by atomic mass is 35.5. The Kier molecular flexibility index (Phi) is 6.95. The SMILES string of the molecule is NNC(=O)c1c(F)ccc(F)c1F.O=C(Cl)c1c(F)ccc(F)c1F. The molecule has 0 heterocycles. The van der Waals surface area contributed by atoms with Gasteiger partial charge in [0.05, 0.1) is 0 Å². The van der Waals surface area contributed by atoms with Gasteiger partial charge in [-0.15, -0.1) is 0 Å². The van der Waals surface area contributed by atoms with Crippen LogP contribution >= 0.6 is 11.6 Å². The molecule has 0 aliphatic carbocycles. The van der Waals surface area contributed by atoms with Crippen LogP contribution in [0.25, 0.3) is 0 Å². The zero-order valence-corrected chi connectivity index (χ0v) is 12.6. The van der Waals surface area contributed by atoms with E-state index in [0.29, 0.717) is 24.3 Å². The van der Waals surface area contributed by atoms with Crippen LogP contribution in [0.4, 0.5) is 26.3 Å². The van der Waals surface area contributed by atoms with Gasteiger partial charge in [-0.2, -0.15) is 0 Å². The van der Waals surface area contributed by atoms with E-state index in [1.54, 1.807) is 0 Å². The predicted molar refractivity (Wildman–Crippen MR) is 74.5 cm³/mol. The standard InChI is InChI=1S/C7H2ClF3O.C7H5F3N2O/c8-7(12)5-3(9)1-2-4(10)6(5)11;8-3-1-2-4(9)6(10)5(3)7(13)12-11/h1-2H;1-2H,11H2,(H,12,13). The Morgan fingerprint density at radius 1 is 0.760 bits per heavy atom. The van der Waals surface area contributed by atoms with E-state index >= 15 is 0 Å². The first-order chi connectivity index (χ1) is 11.6. The van der Waals surface area contributed by atoms with Gasteiger partial charge >= 0.3 is 0 Å². The molecule has 0 aromatic heterocycles. The molecule has 1 amide bonds. The van der Waals surface area contributed by atoms with Crippen molar-refractivity contribution < 1.29 is 35.9 Å². The molecule has 0 atom stereocenters. The summed E-state index contributed by atoms with van der Waals surface area (Å²) in [5.74, 6) is -4.64. The van der Waals surface area contributed by atoms with Crippen molar-refractivity contribution in [2.75, 3.05) is 0 Å². The summed E-state index contributed by atoms with van der Waals surface area (Å²) in [4.78, 5) is 21.1.